The summed E-state index contributed by atoms with van der Waals surface area (Å²) in [7, 11) is 0. The molecule has 0 saturated carbocycles. The van der Waals surface area contributed by atoms with Crippen molar-refractivity contribution in [2.24, 2.45) is 0 Å². The molecular formula is C17H18N2O3. The predicted octanol–water partition coefficient (Wildman–Crippen LogP) is 3.30. The van der Waals surface area contributed by atoms with Gasteiger partial charge in [-0.2, -0.15) is 0 Å². The molecule has 0 saturated heterocycles. The fourth-order valence-electron chi connectivity index (χ4n) is 1.91. The van der Waals surface area contributed by atoms with Crippen LogP contribution >= 0.6 is 0 Å². The van der Waals surface area contributed by atoms with E-state index in [0.29, 0.717) is 23.5 Å². The summed E-state index contributed by atoms with van der Waals surface area (Å²) < 4.78 is 5.35. The Morgan fingerprint density at radius 2 is 1.45 bits per heavy atom. The average molecular weight is 298 g/mol. The smallest absolute Gasteiger partial charge is 0.255 e. The van der Waals surface area contributed by atoms with Crippen LogP contribution in [-0.2, 0) is 4.79 Å². The van der Waals surface area contributed by atoms with E-state index in [2.05, 4.69) is 10.6 Å². The molecule has 22 heavy (non-hydrogen) atoms. The Morgan fingerprint density at radius 3 is 2.00 bits per heavy atom. The molecule has 0 atom stereocenters. The van der Waals surface area contributed by atoms with Gasteiger partial charge in [-0.1, -0.05) is 0 Å². The molecule has 2 rings (SSSR count). The van der Waals surface area contributed by atoms with Crippen LogP contribution in [0.5, 0.6) is 5.75 Å². The van der Waals surface area contributed by atoms with Crippen molar-refractivity contribution in [3.63, 3.8) is 0 Å². The maximum atomic E-state index is 12.1. The van der Waals surface area contributed by atoms with Crippen LogP contribution in [0.3, 0.4) is 0 Å². The Kier molecular flexibility index (Phi) is 5.14. The zero-order chi connectivity index (χ0) is 15.9. The minimum Gasteiger partial charge on any atom is -0.494 e. The second-order valence-corrected chi connectivity index (χ2v) is 4.67. The second kappa shape index (κ2) is 7.26. The number of benzene rings is 2. The van der Waals surface area contributed by atoms with Crippen molar-refractivity contribution in [2.75, 3.05) is 17.2 Å². The third-order valence-corrected chi connectivity index (χ3v) is 2.89. The number of amides is 2. The topological polar surface area (TPSA) is 67.4 Å². The molecule has 0 spiro atoms. The fraction of sp³-hybridized carbons (Fsp3) is 0.176. The van der Waals surface area contributed by atoms with Gasteiger partial charge < -0.3 is 15.4 Å². The molecule has 0 aliphatic carbocycles. The minimum absolute atomic E-state index is 0.147. The van der Waals surface area contributed by atoms with Crippen LogP contribution in [0.2, 0.25) is 0 Å². The van der Waals surface area contributed by atoms with Crippen LogP contribution in [-0.4, -0.2) is 18.4 Å². The van der Waals surface area contributed by atoms with Crippen LogP contribution in [0.1, 0.15) is 24.2 Å². The van der Waals surface area contributed by atoms with Gasteiger partial charge in [-0.15, -0.1) is 0 Å². The maximum absolute atomic E-state index is 12.1. The zero-order valence-electron chi connectivity index (χ0n) is 12.6. The molecule has 0 aromatic heterocycles. The van der Waals surface area contributed by atoms with Gasteiger partial charge >= 0.3 is 0 Å². The van der Waals surface area contributed by atoms with Crippen LogP contribution in [0, 0.1) is 0 Å². The number of hydrogen-bond donors (Lipinski definition) is 2. The second-order valence-electron chi connectivity index (χ2n) is 4.67. The lowest BCUT2D eigenvalue weighted by Gasteiger charge is -2.08. The third-order valence-electron chi connectivity index (χ3n) is 2.89. The summed E-state index contributed by atoms with van der Waals surface area (Å²) in [5, 5.41) is 5.46. The molecule has 5 nitrogen and oxygen atoms in total. The molecule has 0 heterocycles. The Hall–Kier alpha value is -2.82. The van der Waals surface area contributed by atoms with Gasteiger partial charge in [-0.05, 0) is 55.5 Å². The summed E-state index contributed by atoms with van der Waals surface area (Å²) in [6.07, 6.45) is 0. The quantitative estimate of drug-likeness (QED) is 0.890. The van der Waals surface area contributed by atoms with Crippen molar-refractivity contribution in [1.82, 2.24) is 0 Å². The fourth-order valence-corrected chi connectivity index (χ4v) is 1.91. The van der Waals surface area contributed by atoms with E-state index in [9.17, 15) is 9.59 Å². The highest BCUT2D eigenvalue weighted by atomic mass is 16.5. The monoisotopic (exact) mass is 298 g/mol. The zero-order valence-corrected chi connectivity index (χ0v) is 12.6. The van der Waals surface area contributed by atoms with Gasteiger partial charge in [0.05, 0.1) is 6.61 Å². The first-order chi connectivity index (χ1) is 10.6. The summed E-state index contributed by atoms with van der Waals surface area (Å²) in [5.74, 6) is 0.408. The number of carbonyl (C=O) groups is 2. The van der Waals surface area contributed by atoms with Crippen LogP contribution in [0.15, 0.2) is 48.5 Å². The Morgan fingerprint density at radius 1 is 0.909 bits per heavy atom. The van der Waals surface area contributed by atoms with Crippen molar-refractivity contribution in [2.45, 2.75) is 13.8 Å². The van der Waals surface area contributed by atoms with Gasteiger partial charge in [0.15, 0.2) is 0 Å². The van der Waals surface area contributed by atoms with Crippen molar-refractivity contribution >= 4 is 23.2 Å². The number of ether oxygens (including phenoxy) is 1. The van der Waals surface area contributed by atoms with Crippen molar-refractivity contribution in [3.05, 3.63) is 54.1 Å². The molecule has 2 aromatic carbocycles. The van der Waals surface area contributed by atoms with E-state index >= 15 is 0 Å². The highest BCUT2D eigenvalue weighted by molar-refractivity contribution is 6.04. The van der Waals surface area contributed by atoms with Crippen LogP contribution < -0.4 is 15.4 Å². The maximum Gasteiger partial charge on any atom is 0.255 e. The molecule has 0 fully saturated rings. The lowest BCUT2D eigenvalue weighted by molar-refractivity contribution is -0.114. The van der Waals surface area contributed by atoms with Gasteiger partial charge in [-0.3, -0.25) is 9.59 Å². The van der Waals surface area contributed by atoms with E-state index in [4.69, 9.17) is 4.74 Å². The molecule has 2 aromatic rings. The SMILES string of the molecule is CCOc1ccc(NC(=O)c2ccc(NC(C)=O)cc2)cc1. The number of anilines is 2. The van der Waals surface area contributed by atoms with Crippen molar-refractivity contribution in [3.8, 4) is 5.75 Å². The summed E-state index contributed by atoms with van der Waals surface area (Å²) in [6, 6.07) is 13.9. The van der Waals surface area contributed by atoms with E-state index in [1.807, 2.05) is 6.92 Å². The molecule has 0 aliphatic rings. The largest absolute Gasteiger partial charge is 0.494 e. The van der Waals surface area contributed by atoms with Gasteiger partial charge in [0.25, 0.3) is 5.91 Å². The highest BCUT2D eigenvalue weighted by Crippen LogP contribution is 2.17. The Bertz CT molecular complexity index is 649. The number of nitrogens with one attached hydrogen (secondary N) is 2. The first kappa shape index (κ1) is 15.6. The molecular weight excluding hydrogens is 280 g/mol. The summed E-state index contributed by atoms with van der Waals surface area (Å²) >= 11 is 0. The van der Waals surface area contributed by atoms with E-state index in [1.54, 1.807) is 48.5 Å². The van der Waals surface area contributed by atoms with Crippen molar-refractivity contribution in [1.29, 1.82) is 0 Å². The molecule has 2 N–H and O–H groups in total. The van der Waals surface area contributed by atoms with Gasteiger partial charge in [0.1, 0.15) is 5.75 Å². The first-order valence-electron chi connectivity index (χ1n) is 7.00. The molecule has 5 heteroatoms. The van der Waals surface area contributed by atoms with E-state index < -0.39 is 0 Å². The van der Waals surface area contributed by atoms with Gasteiger partial charge in [0.2, 0.25) is 5.91 Å². The molecule has 0 radical (unpaired) electrons. The highest BCUT2D eigenvalue weighted by Gasteiger charge is 2.06. The predicted molar refractivity (Wildman–Crippen MR) is 86.3 cm³/mol. The lowest BCUT2D eigenvalue weighted by Crippen LogP contribution is -2.12. The number of carbonyl (C=O) groups excluding carboxylic acids is 2. The summed E-state index contributed by atoms with van der Waals surface area (Å²) in [4.78, 5) is 23.1. The third kappa shape index (κ3) is 4.34. The van der Waals surface area contributed by atoms with Gasteiger partial charge in [-0.25, -0.2) is 0 Å². The lowest BCUT2D eigenvalue weighted by atomic mass is 10.2. The van der Waals surface area contributed by atoms with E-state index in [0.717, 1.165) is 5.75 Å². The molecule has 0 unspecified atom stereocenters. The standard InChI is InChI=1S/C17H18N2O3/c1-3-22-16-10-8-15(9-11-16)19-17(21)13-4-6-14(7-5-13)18-12(2)20/h4-11H,3H2,1-2H3,(H,18,20)(H,19,21). The van der Waals surface area contributed by atoms with Gasteiger partial charge in [0, 0.05) is 23.9 Å². The summed E-state index contributed by atoms with van der Waals surface area (Å²) in [6.45, 7) is 3.96. The number of rotatable bonds is 5. The normalized spacial score (nSPS) is 9.91. The summed E-state index contributed by atoms with van der Waals surface area (Å²) in [5.41, 5.74) is 1.87. The molecule has 0 aliphatic heterocycles. The Balaban J connectivity index is 2.00. The molecule has 0 bridgehead atoms. The number of hydrogen-bond acceptors (Lipinski definition) is 3. The van der Waals surface area contributed by atoms with E-state index in [-0.39, 0.29) is 11.8 Å². The van der Waals surface area contributed by atoms with Crippen LogP contribution in [0.25, 0.3) is 0 Å². The first-order valence-corrected chi connectivity index (χ1v) is 7.00. The Labute approximate surface area is 129 Å². The minimum atomic E-state index is -0.210. The van der Waals surface area contributed by atoms with Crippen LogP contribution in [0.4, 0.5) is 11.4 Å². The molecule has 114 valence electrons. The average Bonchev–Trinajstić information content (AvgIpc) is 2.49. The van der Waals surface area contributed by atoms with Crippen molar-refractivity contribution < 1.29 is 14.3 Å². The molecule has 2 amide bonds. The van der Waals surface area contributed by atoms with E-state index in [1.165, 1.54) is 6.92 Å².